The third-order valence-electron chi connectivity index (χ3n) is 2.73. The minimum Gasteiger partial charge on any atom is -0.235 e. The highest BCUT2D eigenvalue weighted by Gasteiger charge is 2.08. The molecule has 0 unspecified atom stereocenters. The topological polar surface area (TPSA) is 25.8 Å². The second kappa shape index (κ2) is 4.82. The summed E-state index contributed by atoms with van der Waals surface area (Å²) in [7, 11) is 0. The van der Waals surface area contributed by atoms with Crippen molar-refractivity contribution in [2.75, 3.05) is 0 Å². The van der Waals surface area contributed by atoms with Gasteiger partial charge in [-0.1, -0.05) is 54.1 Å². The molecule has 0 amide bonds. The highest BCUT2D eigenvalue weighted by atomic mass is 127. The fourth-order valence-electron chi connectivity index (χ4n) is 1.90. The fraction of sp³-hybridized carbons (Fsp3) is 0. The SMILES string of the molecule is Clc1nc(-c2cccc3ccccc23)ncc1I. The van der Waals surface area contributed by atoms with Gasteiger partial charge in [-0.25, -0.2) is 9.97 Å². The van der Waals surface area contributed by atoms with Crippen LogP contribution in [0.25, 0.3) is 22.2 Å². The van der Waals surface area contributed by atoms with E-state index < -0.39 is 0 Å². The molecule has 0 fully saturated rings. The second-order valence-electron chi connectivity index (χ2n) is 3.86. The lowest BCUT2D eigenvalue weighted by Crippen LogP contribution is -1.92. The van der Waals surface area contributed by atoms with E-state index in [2.05, 4.69) is 50.8 Å². The lowest BCUT2D eigenvalue weighted by atomic mass is 10.0. The first-order valence-electron chi connectivity index (χ1n) is 5.42. The van der Waals surface area contributed by atoms with E-state index in [-0.39, 0.29) is 0 Å². The summed E-state index contributed by atoms with van der Waals surface area (Å²) in [5.74, 6) is 0.664. The first kappa shape index (κ1) is 11.9. The maximum absolute atomic E-state index is 6.06. The van der Waals surface area contributed by atoms with Gasteiger partial charge in [-0.2, -0.15) is 0 Å². The summed E-state index contributed by atoms with van der Waals surface area (Å²) in [4.78, 5) is 8.70. The fourth-order valence-corrected chi connectivity index (χ4v) is 2.29. The molecule has 18 heavy (non-hydrogen) atoms. The van der Waals surface area contributed by atoms with Crippen LogP contribution in [0.1, 0.15) is 0 Å². The van der Waals surface area contributed by atoms with Gasteiger partial charge in [0.2, 0.25) is 0 Å². The van der Waals surface area contributed by atoms with Gasteiger partial charge in [0.1, 0.15) is 5.15 Å². The molecule has 1 heterocycles. The van der Waals surface area contributed by atoms with Crippen LogP contribution in [-0.4, -0.2) is 9.97 Å². The van der Waals surface area contributed by atoms with Crippen LogP contribution in [-0.2, 0) is 0 Å². The number of hydrogen-bond donors (Lipinski definition) is 0. The molecule has 0 bridgehead atoms. The van der Waals surface area contributed by atoms with Crippen LogP contribution in [0.5, 0.6) is 0 Å². The maximum atomic E-state index is 6.06. The third kappa shape index (κ3) is 2.08. The van der Waals surface area contributed by atoms with E-state index in [9.17, 15) is 0 Å². The molecule has 0 spiro atoms. The highest BCUT2D eigenvalue weighted by Crippen LogP contribution is 2.27. The smallest absolute Gasteiger partial charge is 0.161 e. The largest absolute Gasteiger partial charge is 0.235 e. The van der Waals surface area contributed by atoms with E-state index >= 15 is 0 Å². The molecule has 0 atom stereocenters. The zero-order chi connectivity index (χ0) is 12.5. The summed E-state index contributed by atoms with van der Waals surface area (Å²) < 4.78 is 0.859. The molecular weight excluding hydrogens is 359 g/mol. The zero-order valence-electron chi connectivity index (χ0n) is 9.27. The Kier molecular flexibility index (Phi) is 3.18. The first-order chi connectivity index (χ1) is 8.75. The number of hydrogen-bond acceptors (Lipinski definition) is 2. The number of fused-ring (bicyclic) bond motifs is 1. The predicted octanol–water partition coefficient (Wildman–Crippen LogP) is 4.55. The molecular formula is C14H8ClIN2. The summed E-state index contributed by atoms with van der Waals surface area (Å²) in [5.41, 5.74) is 1.01. The van der Waals surface area contributed by atoms with Crippen molar-refractivity contribution in [3.63, 3.8) is 0 Å². The van der Waals surface area contributed by atoms with E-state index in [1.54, 1.807) is 6.20 Å². The van der Waals surface area contributed by atoms with Gasteiger partial charge in [-0.15, -0.1) is 0 Å². The average molecular weight is 367 g/mol. The van der Waals surface area contributed by atoms with E-state index in [1.165, 1.54) is 5.39 Å². The number of nitrogens with zero attached hydrogens (tertiary/aromatic N) is 2. The Labute approximate surface area is 123 Å². The van der Waals surface area contributed by atoms with Crippen molar-refractivity contribution in [3.05, 3.63) is 57.4 Å². The maximum Gasteiger partial charge on any atom is 0.161 e. The van der Waals surface area contributed by atoms with Crippen molar-refractivity contribution >= 4 is 45.0 Å². The van der Waals surface area contributed by atoms with Crippen molar-refractivity contribution in [2.24, 2.45) is 0 Å². The zero-order valence-corrected chi connectivity index (χ0v) is 12.2. The highest BCUT2D eigenvalue weighted by molar-refractivity contribution is 14.1. The molecule has 0 aliphatic heterocycles. The molecule has 0 aliphatic carbocycles. The average Bonchev–Trinajstić information content (AvgIpc) is 2.41. The van der Waals surface area contributed by atoms with Crippen LogP contribution < -0.4 is 0 Å². The van der Waals surface area contributed by atoms with Crippen molar-refractivity contribution < 1.29 is 0 Å². The van der Waals surface area contributed by atoms with E-state index in [0.29, 0.717) is 11.0 Å². The number of benzene rings is 2. The van der Waals surface area contributed by atoms with Gasteiger partial charge in [0, 0.05) is 11.8 Å². The van der Waals surface area contributed by atoms with Gasteiger partial charge in [-0.3, -0.25) is 0 Å². The summed E-state index contributed by atoms with van der Waals surface area (Å²) in [5, 5.41) is 2.80. The third-order valence-corrected chi connectivity index (χ3v) is 4.13. The Bertz CT molecular complexity index is 723. The van der Waals surface area contributed by atoms with E-state index in [4.69, 9.17) is 11.6 Å². The Balaban J connectivity index is 2.28. The molecule has 2 nitrogen and oxygen atoms in total. The summed E-state index contributed by atoms with van der Waals surface area (Å²) in [6, 6.07) is 14.3. The monoisotopic (exact) mass is 366 g/mol. The van der Waals surface area contributed by atoms with Crippen LogP contribution in [0.3, 0.4) is 0 Å². The lowest BCUT2D eigenvalue weighted by molar-refractivity contribution is 1.16. The Hall–Kier alpha value is -1.20. The molecule has 2 aromatic carbocycles. The summed E-state index contributed by atoms with van der Waals surface area (Å²) >= 11 is 8.18. The Morgan fingerprint density at radius 3 is 2.61 bits per heavy atom. The molecule has 0 radical (unpaired) electrons. The molecule has 0 N–H and O–H groups in total. The van der Waals surface area contributed by atoms with Crippen LogP contribution in [0.4, 0.5) is 0 Å². The predicted molar refractivity (Wildman–Crippen MR) is 82.7 cm³/mol. The molecule has 0 aliphatic rings. The normalized spacial score (nSPS) is 10.8. The molecule has 1 aromatic heterocycles. The van der Waals surface area contributed by atoms with Gasteiger partial charge in [0.05, 0.1) is 3.57 Å². The van der Waals surface area contributed by atoms with Gasteiger partial charge >= 0.3 is 0 Å². The van der Waals surface area contributed by atoms with Gasteiger partial charge < -0.3 is 0 Å². The molecule has 4 heteroatoms. The quantitative estimate of drug-likeness (QED) is 0.466. The number of aromatic nitrogens is 2. The Morgan fingerprint density at radius 1 is 1.00 bits per heavy atom. The van der Waals surface area contributed by atoms with Crippen LogP contribution >= 0.6 is 34.2 Å². The summed E-state index contributed by atoms with van der Waals surface area (Å²) in [6.07, 6.45) is 1.74. The van der Waals surface area contributed by atoms with E-state index in [1.807, 2.05) is 24.3 Å². The van der Waals surface area contributed by atoms with Crippen molar-refractivity contribution in [3.8, 4) is 11.4 Å². The molecule has 0 saturated heterocycles. The molecule has 88 valence electrons. The van der Waals surface area contributed by atoms with Crippen LogP contribution in [0.2, 0.25) is 5.15 Å². The van der Waals surface area contributed by atoms with Gasteiger partial charge in [0.25, 0.3) is 0 Å². The van der Waals surface area contributed by atoms with Crippen LogP contribution in [0, 0.1) is 3.57 Å². The minimum atomic E-state index is 0.494. The number of rotatable bonds is 1. The summed E-state index contributed by atoms with van der Waals surface area (Å²) in [6.45, 7) is 0. The molecule has 3 aromatic rings. The van der Waals surface area contributed by atoms with Crippen molar-refractivity contribution in [1.29, 1.82) is 0 Å². The van der Waals surface area contributed by atoms with Gasteiger partial charge in [-0.05, 0) is 33.4 Å². The Morgan fingerprint density at radius 2 is 1.78 bits per heavy atom. The number of halogens is 2. The second-order valence-corrected chi connectivity index (χ2v) is 5.38. The van der Waals surface area contributed by atoms with E-state index in [0.717, 1.165) is 14.5 Å². The van der Waals surface area contributed by atoms with Gasteiger partial charge in [0.15, 0.2) is 5.82 Å². The lowest BCUT2D eigenvalue weighted by Gasteiger charge is -2.05. The first-order valence-corrected chi connectivity index (χ1v) is 6.87. The van der Waals surface area contributed by atoms with Crippen LogP contribution in [0.15, 0.2) is 48.7 Å². The molecule has 3 rings (SSSR count). The molecule has 0 saturated carbocycles. The standard InChI is InChI=1S/C14H8ClIN2/c15-13-12(16)8-17-14(18-13)11-7-3-5-9-4-1-2-6-10(9)11/h1-8H. The van der Waals surface area contributed by atoms with Crippen molar-refractivity contribution in [1.82, 2.24) is 9.97 Å². The minimum absolute atomic E-state index is 0.494. The van der Waals surface area contributed by atoms with Crippen molar-refractivity contribution in [2.45, 2.75) is 0 Å².